The summed E-state index contributed by atoms with van der Waals surface area (Å²) in [6.07, 6.45) is 1.53. The third-order valence-electron chi connectivity index (χ3n) is 6.86. The molecular weight excluding hydrogens is 457 g/mol. The zero-order valence-electron chi connectivity index (χ0n) is 20.8. The number of nitrogens with two attached hydrogens (primary N) is 1. The maximum atomic E-state index is 13.3. The Bertz CT molecular complexity index is 1270. The van der Waals surface area contributed by atoms with E-state index in [1.807, 2.05) is 32.0 Å². The number of aromatic hydroxyl groups is 1. The lowest BCUT2D eigenvalue weighted by Crippen LogP contribution is -2.46. The summed E-state index contributed by atoms with van der Waals surface area (Å²) in [4.78, 5) is 27.1. The number of carbonyl (C=O) groups excluding carboxylic acids is 2. The second-order valence-electron chi connectivity index (χ2n) is 9.59. The first-order chi connectivity index (χ1) is 17.1. The Morgan fingerprint density at radius 3 is 2.36 bits per heavy atom. The average molecular weight is 490 g/mol. The van der Waals surface area contributed by atoms with Gasteiger partial charge in [-0.1, -0.05) is 24.3 Å². The van der Waals surface area contributed by atoms with Crippen LogP contribution in [0.5, 0.6) is 5.75 Å². The summed E-state index contributed by atoms with van der Waals surface area (Å²) in [5.41, 5.74) is 12.7. The number of nitrogens with one attached hydrogen (secondary N) is 1. The largest absolute Gasteiger partial charge is 0.508 e. The third-order valence-corrected chi connectivity index (χ3v) is 6.86. The number of hydrogen-bond acceptors (Lipinski definition) is 4. The number of halogens is 1. The van der Waals surface area contributed by atoms with Crippen molar-refractivity contribution in [3.8, 4) is 5.75 Å². The predicted molar refractivity (Wildman–Crippen MR) is 138 cm³/mol. The van der Waals surface area contributed by atoms with Crippen LogP contribution in [-0.4, -0.2) is 29.5 Å². The Morgan fingerprint density at radius 2 is 1.72 bits per heavy atom. The number of anilines is 1. The number of amides is 2. The first-order valence-electron chi connectivity index (χ1n) is 12.1. The highest BCUT2D eigenvalue weighted by atomic mass is 19.1. The van der Waals surface area contributed by atoms with E-state index in [0.29, 0.717) is 25.8 Å². The molecule has 1 heterocycles. The van der Waals surface area contributed by atoms with Crippen LogP contribution in [0, 0.1) is 19.7 Å². The van der Waals surface area contributed by atoms with Gasteiger partial charge < -0.3 is 21.1 Å². The van der Waals surface area contributed by atoms with Crippen molar-refractivity contribution in [3.63, 3.8) is 0 Å². The summed E-state index contributed by atoms with van der Waals surface area (Å²) >= 11 is 0. The molecule has 0 saturated heterocycles. The number of carbonyl (C=O) groups is 2. The molecule has 3 aromatic carbocycles. The van der Waals surface area contributed by atoms with Crippen LogP contribution in [0.2, 0.25) is 0 Å². The van der Waals surface area contributed by atoms with Crippen molar-refractivity contribution >= 4 is 17.5 Å². The summed E-state index contributed by atoms with van der Waals surface area (Å²) in [6, 6.07) is 14.6. The Labute approximate surface area is 210 Å². The van der Waals surface area contributed by atoms with Crippen molar-refractivity contribution in [2.45, 2.75) is 52.1 Å². The standard InChI is InChI=1S/C29H32FN3O3/c1-17-12-23(35)13-18(2)24(17)16-26(31)29(36)32-27-10-11-33(19(3)34)28-9-6-21(15-25(27)28)14-20-4-7-22(30)8-5-20/h4-9,12-13,15,26-27,35H,10-11,14,16,31H2,1-3H3,(H,32,36). The number of phenols is 1. The Balaban J connectivity index is 1.56. The highest BCUT2D eigenvalue weighted by Crippen LogP contribution is 2.35. The van der Waals surface area contributed by atoms with E-state index in [0.717, 1.165) is 39.1 Å². The van der Waals surface area contributed by atoms with Gasteiger partial charge in [-0.3, -0.25) is 9.59 Å². The fourth-order valence-corrected chi connectivity index (χ4v) is 4.97. The average Bonchev–Trinajstić information content (AvgIpc) is 2.82. The summed E-state index contributed by atoms with van der Waals surface area (Å²) in [6.45, 7) is 5.81. The zero-order valence-corrected chi connectivity index (χ0v) is 20.8. The first-order valence-corrected chi connectivity index (χ1v) is 12.1. The Morgan fingerprint density at radius 1 is 1.08 bits per heavy atom. The highest BCUT2D eigenvalue weighted by molar-refractivity contribution is 5.93. The number of benzene rings is 3. The van der Waals surface area contributed by atoms with Crippen molar-refractivity contribution in [2.24, 2.45) is 5.73 Å². The minimum absolute atomic E-state index is 0.0534. The molecule has 0 fully saturated rings. The Kier molecular flexibility index (Phi) is 7.40. The molecule has 2 unspecified atom stereocenters. The van der Waals surface area contributed by atoms with Gasteiger partial charge in [0.15, 0.2) is 0 Å². The van der Waals surface area contributed by atoms with Crippen LogP contribution in [0.15, 0.2) is 54.6 Å². The maximum absolute atomic E-state index is 13.3. The van der Waals surface area contributed by atoms with E-state index in [1.54, 1.807) is 29.2 Å². The van der Waals surface area contributed by atoms with E-state index in [9.17, 15) is 19.1 Å². The molecule has 0 aromatic heterocycles. The Hall–Kier alpha value is -3.71. The predicted octanol–water partition coefficient (Wildman–Crippen LogP) is 4.22. The molecule has 2 amide bonds. The molecule has 188 valence electrons. The van der Waals surface area contributed by atoms with Gasteiger partial charge in [-0.2, -0.15) is 0 Å². The van der Waals surface area contributed by atoms with Crippen LogP contribution < -0.4 is 16.0 Å². The molecule has 36 heavy (non-hydrogen) atoms. The molecule has 0 aliphatic carbocycles. The molecule has 0 saturated carbocycles. The van der Waals surface area contributed by atoms with Gasteiger partial charge in [0.1, 0.15) is 11.6 Å². The van der Waals surface area contributed by atoms with Crippen LogP contribution in [0.3, 0.4) is 0 Å². The summed E-state index contributed by atoms with van der Waals surface area (Å²) in [5.74, 6) is -0.407. The van der Waals surface area contributed by atoms with E-state index in [-0.39, 0.29) is 29.4 Å². The molecule has 6 nitrogen and oxygen atoms in total. The molecule has 1 aliphatic rings. The van der Waals surface area contributed by atoms with Crippen LogP contribution in [0.25, 0.3) is 0 Å². The summed E-state index contributed by atoms with van der Waals surface area (Å²) in [7, 11) is 0. The molecule has 2 atom stereocenters. The lowest BCUT2D eigenvalue weighted by Gasteiger charge is -2.35. The molecule has 0 bridgehead atoms. The van der Waals surface area contributed by atoms with E-state index in [1.165, 1.54) is 19.1 Å². The van der Waals surface area contributed by atoms with Gasteiger partial charge in [0.25, 0.3) is 0 Å². The van der Waals surface area contributed by atoms with Gasteiger partial charge in [0.05, 0.1) is 12.1 Å². The number of phenolic OH excluding ortho intramolecular Hbond substituents is 1. The smallest absolute Gasteiger partial charge is 0.237 e. The number of nitrogens with zero attached hydrogens (tertiary/aromatic N) is 1. The fraction of sp³-hybridized carbons (Fsp3) is 0.310. The van der Waals surface area contributed by atoms with E-state index in [4.69, 9.17) is 5.73 Å². The fourth-order valence-electron chi connectivity index (χ4n) is 4.97. The van der Waals surface area contributed by atoms with Crippen molar-refractivity contribution in [1.29, 1.82) is 0 Å². The van der Waals surface area contributed by atoms with Crippen molar-refractivity contribution in [1.82, 2.24) is 5.32 Å². The molecule has 3 aromatic rings. The molecule has 0 radical (unpaired) electrons. The minimum atomic E-state index is -0.761. The van der Waals surface area contributed by atoms with E-state index < -0.39 is 6.04 Å². The van der Waals surface area contributed by atoms with E-state index in [2.05, 4.69) is 5.32 Å². The number of aryl methyl sites for hydroxylation is 2. The van der Waals surface area contributed by atoms with Crippen molar-refractivity contribution in [3.05, 3.63) is 93.8 Å². The van der Waals surface area contributed by atoms with Gasteiger partial charge in [0.2, 0.25) is 11.8 Å². The minimum Gasteiger partial charge on any atom is -0.508 e. The lowest BCUT2D eigenvalue weighted by molar-refractivity contribution is -0.123. The van der Waals surface area contributed by atoms with Gasteiger partial charge >= 0.3 is 0 Å². The number of rotatable bonds is 6. The summed E-state index contributed by atoms with van der Waals surface area (Å²) < 4.78 is 13.3. The topological polar surface area (TPSA) is 95.7 Å². The zero-order chi connectivity index (χ0) is 26.0. The molecule has 7 heteroatoms. The van der Waals surface area contributed by atoms with Crippen LogP contribution >= 0.6 is 0 Å². The summed E-state index contributed by atoms with van der Waals surface area (Å²) in [5, 5.41) is 12.9. The molecule has 1 aliphatic heterocycles. The van der Waals surface area contributed by atoms with Crippen LogP contribution in [0.4, 0.5) is 10.1 Å². The normalized spacial score (nSPS) is 15.8. The van der Waals surface area contributed by atoms with Crippen molar-refractivity contribution < 1.29 is 19.1 Å². The maximum Gasteiger partial charge on any atom is 0.237 e. The molecule has 4 rings (SSSR count). The van der Waals surface area contributed by atoms with E-state index >= 15 is 0 Å². The first kappa shape index (κ1) is 25.4. The van der Waals surface area contributed by atoms with Gasteiger partial charge in [-0.25, -0.2) is 4.39 Å². The second kappa shape index (κ2) is 10.5. The quantitative estimate of drug-likeness (QED) is 0.483. The molecular formula is C29H32FN3O3. The monoisotopic (exact) mass is 489 g/mol. The van der Waals surface area contributed by atoms with Crippen molar-refractivity contribution in [2.75, 3.05) is 11.4 Å². The van der Waals surface area contributed by atoms with Crippen LogP contribution in [-0.2, 0) is 22.4 Å². The molecule has 4 N–H and O–H groups in total. The molecule has 0 spiro atoms. The van der Waals surface area contributed by atoms with Crippen LogP contribution in [0.1, 0.15) is 52.8 Å². The highest BCUT2D eigenvalue weighted by Gasteiger charge is 2.30. The van der Waals surface area contributed by atoms with Gasteiger partial charge in [-0.15, -0.1) is 0 Å². The number of fused-ring (bicyclic) bond motifs is 1. The van der Waals surface area contributed by atoms with Gasteiger partial charge in [-0.05, 0) is 96.8 Å². The number of hydrogen-bond donors (Lipinski definition) is 3. The SMILES string of the molecule is CC(=O)N1CCC(NC(=O)C(N)Cc2c(C)cc(O)cc2C)c2cc(Cc3ccc(F)cc3)ccc21. The second-order valence-corrected chi connectivity index (χ2v) is 9.59. The third kappa shape index (κ3) is 5.57. The lowest BCUT2D eigenvalue weighted by atomic mass is 9.91. The van der Waals surface area contributed by atoms with Gasteiger partial charge in [0, 0.05) is 19.2 Å².